The van der Waals surface area contributed by atoms with E-state index < -0.39 is 24.0 Å². The highest BCUT2D eigenvalue weighted by Gasteiger charge is 2.35. The number of rotatable bonds is 9. The van der Waals surface area contributed by atoms with Crippen LogP contribution in [0.25, 0.3) is 10.4 Å². The summed E-state index contributed by atoms with van der Waals surface area (Å²) in [4.78, 5) is 41.1. The molecule has 1 amide bonds. The summed E-state index contributed by atoms with van der Waals surface area (Å²) in [5.74, 6) is -1.05. The van der Waals surface area contributed by atoms with Gasteiger partial charge in [-0.25, -0.2) is 0 Å². The van der Waals surface area contributed by atoms with Crippen LogP contribution >= 0.6 is 0 Å². The van der Waals surface area contributed by atoms with E-state index in [1.54, 1.807) is 12.1 Å². The summed E-state index contributed by atoms with van der Waals surface area (Å²) in [5, 5.41) is 5.73. The average molecular weight is 418 g/mol. The number of nitrogens with zero attached hydrogens (tertiary/aromatic N) is 3. The Morgan fingerprint density at radius 1 is 1.03 bits per heavy atom. The summed E-state index contributed by atoms with van der Waals surface area (Å²) >= 11 is 0. The Morgan fingerprint density at radius 3 is 2.39 bits per heavy atom. The Bertz CT molecular complexity index is 1150. The zero-order chi connectivity index (χ0) is 22.4. The third-order valence-corrected chi connectivity index (χ3v) is 4.35. The van der Waals surface area contributed by atoms with Gasteiger partial charge in [0.15, 0.2) is 5.78 Å². The van der Waals surface area contributed by atoms with Gasteiger partial charge < -0.3 is 14.8 Å². The van der Waals surface area contributed by atoms with Crippen molar-refractivity contribution in [2.75, 3.05) is 25.1 Å². The maximum Gasteiger partial charge on any atom is 0.230 e. The molecule has 9 nitrogen and oxygen atoms in total. The van der Waals surface area contributed by atoms with Gasteiger partial charge in [-0.15, -0.1) is 0 Å². The summed E-state index contributed by atoms with van der Waals surface area (Å²) in [5.41, 5.74) is 9.07. The molecular formula is C22H18N4O5. The number of fused-ring (bicyclic) bond motifs is 2. The van der Waals surface area contributed by atoms with Crippen molar-refractivity contribution in [1.82, 2.24) is 0 Å². The van der Waals surface area contributed by atoms with Crippen LogP contribution in [-0.4, -0.2) is 37.2 Å². The summed E-state index contributed by atoms with van der Waals surface area (Å²) in [7, 11) is 0. The van der Waals surface area contributed by atoms with Crippen LogP contribution in [0.4, 0.5) is 5.69 Å². The SMILES string of the molecule is C=CCOc1cccc2c1C(=O)c1c(OCC=C)cc(NC(=O)CN=[N+]=[N-])cc1C2=O. The molecule has 0 bridgehead atoms. The molecule has 0 atom stereocenters. The Hall–Kier alpha value is -4.36. The van der Waals surface area contributed by atoms with Crippen molar-refractivity contribution in [2.45, 2.75) is 0 Å². The summed E-state index contributed by atoms with van der Waals surface area (Å²) in [6, 6.07) is 7.59. The molecule has 0 unspecified atom stereocenters. The van der Waals surface area contributed by atoms with Crippen molar-refractivity contribution in [3.05, 3.63) is 88.3 Å². The monoisotopic (exact) mass is 418 g/mol. The predicted octanol–water partition coefficient (Wildman–Crippen LogP) is 3.84. The van der Waals surface area contributed by atoms with Crippen LogP contribution in [0.2, 0.25) is 0 Å². The number of amides is 1. The number of anilines is 1. The summed E-state index contributed by atoms with van der Waals surface area (Å²) in [6.07, 6.45) is 3.02. The van der Waals surface area contributed by atoms with Crippen LogP contribution in [-0.2, 0) is 4.79 Å². The maximum atomic E-state index is 13.4. The van der Waals surface area contributed by atoms with E-state index in [9.17, 15) is 14.4 Å². The molecule has 0 saturated carbocycles. The van der Waals surface area contributed by atoms with Gasteiger partial charge in [-0.3, -0.25) is 14.4 Å². The Labute approximate surface area is 177 Å². The number of ether oxygens (including phenoxy) is 2. The second-order valence-corrected chi connectivity index (χ2v) is 6.37. The van der Waals surface area contributed by atoms with Crippen molar-refractivity contribution in [1.29, 1.82) is 0 Å². The second kappa shape index (κ2) is 9.43. The molecule has 0 spiro atoms. The highest BCUT2D eigenvalue weighted by Crippen LogP contribution is 2.39. The first-order valence-electron chi connectivity index (χ1n) is 9.20. The van der Waals surface area contributed by atoms with Gasteiger partial charge in [0.05, 0.1) is 11.1 Å². The fourth-order valence-corrected chi connectivity index (χ4v) is 3.15. The minimum Gasteiger partial charge on any atom is -0.489 e. The van der Waals surface area contributed by atoms with Gasteiger partial charge in [-0.1, -0.05) is 42.6 Å². The molecule has 2 aromatic rings. The van der Waals surface area contributed by atoms with Crippen LogP contribution in [0.1, 0.15) is 31.8 Å². The molecule has 1 aliphatic rings. The number of hydrogen-bond donors (Lipinski definition) is 1. The van der Waals surface area contributed by atoms with Gasteiger partial charge in [0.25, 0.3) is 0 Å². The zero-order valence-electron chi connectivity index (χ0n) is 16.5. The number of ketones is 2. The van der Waals surface area contributed by atoms with Crippen molar-refractivity contribution >= 4 is 23.2 Å². The lowest BCUT2D eigenvalue weighted by molar-refractivity contribution is -0.114. The van der Waals surface area contributed by atoms with Crippen LogP contribution in [0.3, 0.4) is 0 Å². The van der Waals surface area contributed by atoms with Crippen molar-refractivity contribution in [2.24, 2.45) is 5.11 Å². The van der Waals surface area contributed by atoms with Gasteiger partial charge in [0.2, 0.25) is 11.7 Å². The Balaban J connectivity index is 2.12. The van der Waals surface area contributed by atoms with E-state index in [0.29, 0.717) is 0 Å². The molecular weight excluding hydrogens is 400 g/mol. The first-order valence-corrected chi connectivity index (χ1v) is 9.20. The van der Waals surface area contributed by atoms with E-state index in [2.05, 4.69) is 28.5 Å². The quantitative estimate of drug-likeness (QED) is 0.244. The largest absolute Gasteiger partial charge is 0.489 e. The lowest BCUT2D eigenvalue weighted by Gasteiger charge is -2.23. The van der Waals surface area contributed by atoms with Gasteiger partial charge in [0, 0.05) is 27.8 Å². The molecule has 0 heterocycles. The first-order chi connectivity index (χ1) is 15.0. The molecule has 3 rings (SSSR count). The van der Waals surface area contributed by atoms with Gasteiger partial charge in [0.1, 0.15) is 31.3 Å². The summed E-state index contributed by atoms with van der Waals surface area (Å²) in [6.45, 7) is 7.00. The molecule has 0 radical (unpaired) electrons. The van der Waals surface area contributed by atoms with E-state index >= 15 is 0 Å². The molecule has 156 valence electrons. The topological polar surface area (TPSA) is 130 Å². The molecule has 1 N–H and O–H groups in total. The molecule has 0 saturated heterocycles. The molecule has 1 aliphatic carbocycles. The minimum atomic E-state index is -0.581. The lowest BCUT2D eigenvalue weighted by atomic mass is 9.82. The van der Waals surface area contributed by atoms with E-state index in [0.717, 1.165) is 0 Å². The Morgan fingerprint density at radius 2 is 1.71 bits per heavy atom. The fraction of sp³-hybridized carbons (Fsp3) is 0.136. The van der Waals surface area contributed by atoms with Crippen molar-refractivity contribution < 1.29 is 23.9 Å². The van der Waals surface area contributed by atoms with Crippen molar-refractivity contribution in [3.8, 4) is 11.5 Å². The molecule has 31 heavy (non-hydrogen) atoms. The molecule has 2 aromatic carbocycles. The van der Waals surface area contributed by atoms with Gasteiger partial charge in [-0.2, -0.15) is 0 Å². The molecule has 9 heteroatoms. The van der Waals surface area contributed by atoms with Gasteiger partial charge in [-0.05, 0) is 17.7 Å². The van der Waals surface area contributed by atoms with Crippen LogP contribution in [0.15, 0.2) is 60.8 Å². The van der Waals surface area contributed by atoms with E-state index in [1.807, 2.05) is 0 Å². The van der Waals surface area contributed by atoms with Crippen LogP contribution in [0.5, 0.6) is 11.5 Å². The van der Waals surface area contributed by atoms with Crippen molar-refractivity contribution in [3.63, 3.8) is 0 Å². The molecule has 0 fully saturated rings. The smallest absolute Gasteiger partial charge is 0.230 e. The Kier molecular flexibility index (Phi) is 6.49. The van der Waals surface area contributed by atoms with E-state index in [1.165, 1.54) is 30.4 Å². The fourth-order valence-electron chi connectivity index (χ4n) is 3.15. The number of nitrogens with one attached hydrogen (secondary N) is 1. The predicted molar refractivity (Wildman–Crippen MR) is 114 cm³/mol. The minimum absolute atomic E-state index is 0.0713. The molecule has 0 aromatic heterocycles. The highest BCUT2D eigenvalue weighted by molar-refractivity contribution is 6.30. The van der Waals surface area contributed by atoms with E-state index in [-0.39, 0.29) is 52.7 Å². The normalized spacial score (nSPS) is 11.5. The number of benzene rings is 2. The van der Waals surface area contributed by atoms with E-state index in [4.69, 9.17) is 15.0 Å². The maximum absolute atomic E-state index is 13.4. The van der Waals surface area contributed by atoms with Crippen LogP contribution in [0, 0.1) is 0 Å². The standard InChI is InChI=1S/C22H18N4O5/c1-3-8-30-16-7-5-6-14-19(16)22(29)20-15(21(14)28)10-13(11-17(20)31-9-4-2)25-18(27)12-24-26-23/h3-7,10-11H,1-2,8-9,12H2,(H,25,27). The summed E-state index contributed by atoms with van der Waals surface area (Å²) < 4.78 is 11.2. The number of carbonyl (C=O) groups is 3. The van der Waals surface area contributed by atoms with Crippen LogP contribution < -0.4 is 14.8 Å². The first kappa shape index (κ1) is 21.4. The lowest BCUT2D eigenvalue weighted by Crippen LogP contribution is -2.24. The van der Waals surface area contributed by atoms with Gasteiger partial charge >= 0.3 is 0 Å². The zero-order valence-corrected chi connectivity index (χ0v) is 16.5. The molecule has 0 aliphatic heterocycles. The highest BCUT2D eigenvalue weighted by atomic mass is 16.5. The third-order valence-electron chi connectivity index (χ3n) is 4.35. The number of hydrogen-bond acceptors (Lipinski definition) is 6. The third kappa shape index (κ3) is 4.31. The number of carbonyl (C=O) groups excluding carboxylic acids is 3. The second-order valence-electron chi connectivity index (χ2n) is 6.37. The number of azide groups is 1. The average Bonchev–Trinajstić information content (AvgIpc) is 2.77.